The number of hydrogen-bond acceptors (Lipinski definition) is 2. The second-order valence-electron chi connectivity index (χ2n) is 4.69. The summed E-state index contributed by atoms with van der Waals surface area (Å²) in [4.78, 5) is 4.58. The van der Waals surface area contributed by atoms with Gasteiger partial charge < -0.3 is 5.32 Å². The number of nitrogens with zero attached hydrogens (tertiary/aromatic N) is 1. The first-order valence-corrected chi connectivity index (χ1v) is 6.43. The number of aromatic nitrogens is 1. The summed E-state index contributed by atoms with van der Waals surface area (Å²) in [5, 5.41) is 5.97. The predicted molar refractivity (Wildman–Crippen MR) is 77.6 cm³/mol. The Morgan fingerprint density at radius 2 is 2.11 bits per heavy atom. The lowest BCUT2D eigenvalue weighted by Crippen LogP contribution is -2.22. The molecule has 0 saturated carbocycles. The zero-order valence-corrected chi connectivity index (χ0v) is 11.1. The van der Waals surface area contributed by atoms with E-state index in [-0.39, 0.29) is 6.04 Å². The van der Waals surface area contributed by atoms with Gasteiger partial charge in [-0.15, -0.1) is 6.58 Å². The molecule has 1 N–H and O–H groups in total. The largest absolute Gasteiger partial charge is 0.309 e. The number of rotatable bonds is 5. The van der Waals surface area contributed by atoms with E-state index in [1.165, 1.54) is 16.3 Å². The zero-order chi connectivity index (χ0) is 13.0. The Kier molecular flexibility index (Phi) is 4.11. The maximum atomic E-state index is 4.58. The summed E-state index contributed by atoms with van der Waals surface area (Å²) < 4.78 is 0. The van der Waals surface area contributed by atoms with Crippen molar-refractivity contribution in [3.63, 3.8) is 0 Å². The van der Waals surface area contributed by atoms with E-state index in [2.05, 4.69) is 61.1 Å². The third kappa shape index (κ3) is 2.77. The van der Waals surface area contributed by atoms with Gasteiger partial charge in [-0.3, -0.25) is 4.98 Å². The minimum atomic E-state index is 0.249. The van der Waals surface area contributed by atoms with Gasteiger partial charge in [0.05, 0.1) is 11.7 Å². The van der Waals surface area contributed by atoms with Gasteiger partial charge in [-0.2, -0.15) is 0 Å². The molecule has 2 heteroatoms. The van der Waals surface area contributed by atoms with E-state index in [4.69, 9.17) is 0 Å². The smallest absolute Gasteiger partial charge is 0.0654 e. The van der Waals surface area contributed by atoms with E-state index in [0.29, 0.717) is 0 Å². The standard InChI is InChI=1S/C16H20N2/c1-4-17-15(11-12(2)3)16-14-8-6-5-7-13(14)9-10-18-16/h5-10,15,17H,2,4,11H2,1,3H3. The van der Waals surface area contributed by atoms with Crippen molar-refractivity contribution in [3.05, 3.63) is 54.4 Å². The second-order valence-corrected chi connectivity index (χ2v) is 4.69. The van der Waals surface area contributed by atoms with E-state index < -0.39 is 0 Å². The topological polar surface area (TPSA) is 24.9 Å². The summed E-state index contributed by atoms with van der Waals surface area (Å²) in [5.41, 5.74) is 2.30. The highest BCUT2D eigenvalue weighted by Gasteiger charge is 2.14. The summed E-state index contributed by atoms with van der Waals surface area (Å²) in [7, 11) is 0. The Bertz CT molecular complexity index is 540. The maximum Gasteiger partial charge on any atom is 0.0654 e. The number of benzene rings is 1. The van der Waals surface area contributed by atoms with Crippen molar-refractivity contribution in [1.82, 2.24) is 10.3 Å². The molecule has 0 saturated heterocycles. The predicted octanol–water partition coefficient (Wildman–Crippen LogP) is 3.85. The molecule has 1 unspecified atom stereocenters. The molecule has 2 nitrogen and oxygen atoms in total. The Morgan fingerprint density at radius 3 is 2.83 bits per heavy atom. The fraction of sp³-hybridized carbons (Fsp3) is 0.312. The van der Waals surface area contributed by atoms with Crippen molar-refractivity contribution in [1.29, 1.82) is 0 Å². The number of nitrogens with one attached hydrogen (secondary N) is 1. The Morgan fingerprint density at radius 1 is 1.33 bits per heavy atom. The molecule has 0 fully saturated rings. The van der Waals surface area contributed by atoms with Gasteiger partial charge in [0.25, 0.3) is 0 Å². The maximum absolute atomic E-state index is 4.58. The first kappa shape index (κ1) is 12.8. The first-order chi connectivity index (χ1) is 8.72. The molecule has 1 atom stereocenters. The summed E-state index contributed by atoms with van der Waals surface area (Å²) in [6, 6.07) is 10.7. The normalized spacial score (nSPS) is 12.6. The molecule has 0 aliphatic carbocycles. The third-order valence-electron chi connectivity index (χ3n) is 3.04. The molecular weight excluding hydrogens is 220 g/mol. The lowest BCUT2D eigenvalue weighted by Gasteiger charge is -2.19. The fourth-order valence-corrected chi connectivity index (χ4v) is 2.28. The van der Waals surface area contributed by atoms with Crippen LogP contribution in [0.1, 0.15) is 32.0 Å². The van der Waals surface area contributed by atoms with Crippen LogP contribution in [0.3, 0.4) is 0 Å². The van der Waals surface area contributed by atoms with Crippen molar-refractivity contribution < 1.29 is 0 Å². The molecule has 2 aromatic rings. The van der Waals surface area contributed by atoms with Gasteiger partial charge in [0.2, 0.25) is 0 Å². The molecule has 0 aliphatic rings. The first-order valence-electron chi connectivity index (χ1n) is 6.43. The summed E-state index contributed by atoms with van der Waals surface area (Å²) in [5.74, 6) is 0. The molecule has 0 amide bonds. The lowest BCUT2D eigenvalue weighted by atomic mass is 10.00. The number of fused-ring (bicyclic) bond motifs is 1. The molecule has 0 aliphatic heterocycles. The van der Waals surface area contributed by atoms with Crippen LogP contribution in [0.25, 0.3) is 10.8 Å². The van der Waals surface area contributed by atoms with Crippen molar-refractivity contribution in [2.24, 2.45) is 0 Å². The van der Waals surface area contributed by atoms with E-state index in [9.17, 15) is 0 Å². The van der Waals surface area contributed by atoms with Gasteiger partial charge in [-0.1, -0.05) is 36.8 Å². The van der Waals surface area contributed by atoms with Crippen LogP contribution in [0.15, 0.2) is 48.7 Å². The second kappa shape index (κ2) is 5.78. The van der Waals surface area contributed by atoms with Gasteiger partial charge in [0.15, 0.2) is 0 Å². The number of pyridine rings is 1. The molecule has 0 bridgehead atoms. The van der Waals surface area contributed by atoms with Gasteiger partial charge in [0.1, 0.15) is 0 Å². The van der Waals surface area contributed by atoms with Crippen LogP contribution in [0.2, 0.25) is 0 Å². The summed E-state index contributed by atoms with van der Waals surface area (Å²) in [6.07, 6.45) is 2.81. The highest BCUT2D eigenvalue weighted by atomic mass is 14.9. The molecule has 0 spiro atoms. The van der Waals surface area contributed by atoms with Crippen LogP contribution in [-0.4, -0.2) is 11.5 Å². The zero-order valence-electron chi connectivity index (χ0n) is 11.1. The van der Waals surface area contributed by atoms with Crippen LogP contribution >= 0.6 is 0 Å². The average molecular weight is 240 g/mol. The molecule has 1 aromatic carbocycles. The quantitative estimate of drug-likeness (QED) is 0.803. The van der Waals surface area contributed by atoms with E-state index in [0.717, 1.165) is 18.7 Å². The lowest BCUT2D eigenvalue weighted by molar-refractivity contribution is 0.539. The SMILES string of the molecule is C=C(C)CC(NCC)c1nccc2ccccc12. The van der Waals surface area contributed by atoms with Gasteiger partial charge in [-0.25, -0.2) is 0 Å². The van der Waals surface area contributed by atoms with E-state index in [1.807, 2.05) is 6.20 Å². The summed E-state index contributed by atoms with van der Waals surface area (Å²) >= 11 is 0. The fourth-order valence-electron chi connectivity index (χ4n) is 2.28. The van der Waals surface area contributed by atoms with E-state index in [1.54, 1.807) is 0 Å². The van der Waals surface area contributed by atoms with Crippen LogP contribution in [0.5, 0.6) is 0 Å². The average Bonchev–Trinajstić information content (AvgIpc) is 2.37. The molecule has 2 rings (SSSR count). The summed E-state index contributed by atoms with van der Waals surface area (Å²) in [6.45, 7) is 9.13. The van der Waals surface area contributed by atoms with Crippen LogP contribution in [0, 0.1) is 0 Å². The molecule has 1 heterocycles. The van der Waals surface area contributed by atoms with E-state index >= 15 is 0 Å². The Balaban J connectivity index is 2.46. The third-order valence-corrected chi connectivity index (χ3v) is 3.04. The van der Waals surface area contributed by atoms with Gasteiger partial charge >= 0.3 is 0 Å². The Hall–Kier alpha value is -1.67. The minimum Gasteiger partial charge on any atom is -0.309 e. The van der Waals surface area contributed by atoms with Crippen LogP contribution < -0.4 is 5.32 Å². The van der Waals surface area contributed by atoms with Gasteiger partial charge in [0, 0.05) is 11.6 Å². The molecule has 1 aromatic heterocycles. The van der Waals surface area contributed by atoms with Crippen molar-refractivity contribution in [3.8, 4) is 0 Å². The van der Waals surface area contributed by atoms with Gasteiger partial charge in [-0.05, 0) is 31.3 Å². The number of hydrogen-bond donors (Lipinski definition) is 1. The molecule has 18 heavy (non-hydrogen) atoms. The molecular formula is C16H20N2. The Labute approximate surface area is 109 Å². The van der Waals surface area contributed by atoms with Crippen LogP contribution in [0.4, 0.5) is 0 Å². The van der Waals surface area contributed by atoms with Crippen molar-refractivity contribution in [2.75, 3.05) is 6.54 Å². The van der Waals surface area contributed by atoms with Crippen LogP contribution in [-0.2, 0) is 0 Å². The highest BCUT2D eigenvalue weighted by molar-refractivity contribution is 5.84. The molecule has 0 radical (unpaired) electrons. The van der Waals surface area contributed by atoms with Crippen molar-refractivity contribution in [2.45, 2.75) is 26.3 Å². The highest BCUT2D eigenvalue weighted by Crippen LogP contribution is 2.25. The monoisotopic (exact) mass is 240 g/mol. The minimum absolute atomic E-state index is 0.249. The van der Waals surface area contributed by atoms with Crippen molar-refractivity contribution >= 4 is 10.8 Å². The molecule has 94 valence electrons.